The van der Waals surface area contributed by atoms with E-state index in [-0.39, 0.29) is 49.8 Å². The van der Waals surface area contributed by atoms with Crippen molar-refractivity contribution in [1.29, 1.82) is 0 Å². The van der Waals surface area contributed by atoms with Gasteiger partial charge in [0.25, 0.3) is 0 Å². The Balaban J connectivity index is 1.30. The standard InChI is InChI=1S/C21H25F4N3O4/c1-19(31-9-13-3-4-14(7-15(13)22)21(23,24)25)11-28(12-19)18(30)27-6-5-20(2)16(8-27)26-17(29)10-32-20/h3-4,7,16H,5-6,8-12H2,1-2H3,(H,26,29)/t16-,20+/m1/s1. The van der Waals surface area contributed by atoms with Crippen molar-refractivity contribution in [3.8, 4) is 0 Å². The number of urea groups is 1. The maximum atomic E-state index is 14.0. The number of ether oxygens (including phenoxy) is 2. The van der Waals surface area contributed by atoms with Crippen molar-refractivity contribution < 1.29 is 36.6 Å². The first-order valence-electron chi connectivity index (χ1n) is 10.4. The van der Waals surface area contributed by atoms with Crippen LogP contribution in [-0.4, -0.2) is 71.8 Å². The number of hydrogen-bond acceptors (Lipinski definition) is 4. The van der Waals surface area contributed by atoms with Crippen molar-refractivity contribution in [2.45, 2.75) is 50.3 Å². The molecule has 3 heterocycles. The van der Waals surface area contributed by atoms with Crippen molar-refractivity contribution in [2.24, 2.45) is 0 Å². The average Bonchev–Trinajstić information content (AvgIpc) is 2.69. The average molecular weight is 459 g/mol. The highest BCUT2D eigenvalue weighted by atomic mass is 19.4. The maximum absolute atomic E-state index is 14.0. The minimum atomic E-state index is -4.61. The number of hydrogen-bond donors (Lipinski definition) is 1. The van der Waals surface area contributed by atoms with E-state index in [0.717, 1.165) is 12.1 Å². The lowest BCUT2D eigenvalue weighted by molar-refractivity contribution is -0.158. The molecular formula is C21H25F4N3O4. The second-order valence-corrected chi connectivity index (χ2v) is 9.10. The van der Waals surface area contributed by atoms with Crippen LogP contribution in [0.4, 0.5) is 22.4 Å². The molecule has 3 aliphatic rings. The van der Waals surface area contributed by atoms with Gasteiger partial charge in [0.2, 0.25) is 5.91 Å². The quantitative estimate of drug-likeness (QED) is 0.706. The first-order valence-corrected chi connectivity index (χ1v) is 10.4. The lowest BCUT2D eigenvalue weighted by Gasteiger charge is -2.52. The summed E-state index contributed by atoms with van der Waals surface area (Å²) in [5, 5.41) is 2.88. The number of halogens is 4. The van der Waals surface area contributed by atoms with Crippen molar-refractivity contribution in [1.82, 2.24) is 15.1 Å². The summed E-state index contributed by atoms with van der Waals surface area (Å²) in [4.78, 5) is 27.8. The van der Waals surface area contributed by atoms with E-state index in [2.05, 4.69) is 5.32 Å². The molecule has 7 nitrogen and oxygen atoms in total. The van der Waals surface area contributed by atoms with E-state index in [1.54, 1.807) is 16.7 Å². The number of carbonyl (C=O) groups is 2. The van der Waals surface area contributed by atoms with E-state index in [9.17, 15) is 27.2 Å². The Morgan fingerprint density at radius 2 is 2.00 bits per heavy atom. The molecule has 176 valence electrons. The lowest BCUT2D eigenvalue weighted by atomic mass is 9.86. The van der Waals surface area contributed by atoms with Crippen LogP contribution in [0.25, 0.3) is 0 Å². The Labute approximate surface area is 182 Å². The highest BCUT2D eigenvalue weighted by molar-refractivity contribution is 5.79. The molecule has 3 fully saturated rings. The number of likely N-dealkylation sites (tertiary alicyclic amines) is 2. The number of benzene rings is 1. The van der Waals surface area contributed by atoms with Gasteiger partial charge in [-0.3, -0.25) is 4.79 Å². The summed E-state index contributed by atoms with van der Waals surface area (Å²) in [5.41, 5.74) is -2.25. The van der Waals surface area contributed by atoms with Gasteiger partial charge >= 0.3 is 12.2 Å². The van der Waals surface area contributed by atoms with Gasteiger partial charge in [0.1, 0.15) is 18.0 Å². The number of fused-ring (bicyclic) bond motifs is 1. The molecular weight excluding hydrogens is 434 g/mol. The molecule has 32 heavy (non-hydrogen) atoms. The van der Waals surface area contributed by atoms with Crippen molar-refractivity contribution in [3.63, 3.8) is 0 Å². The van der Waals surface area contributed by atoms with Crippen LogP contribution < -0.4 is 5.32 Å². The summed E-state index contributed by atoms with van der Waals surface area (Å²) in [6, 6.07) is 1.87. The highest BCUT2D eigenvalue weighted by Gasteiger charge is 2.49. The molecule has 4 rings (SSSR count). The summed E-state index contributed by atoms with van der Waals surface area (Å²) in [5.74, 6) is -1.19. The van der Waals surface area contributed by atoms with Gasteiger partial charge in [0.05, 0.1) is 36.9 Å². The Morgan fingerprint density at radius 3 is 2.66 bits per heavy atom. The second-order valence-electron chi connectivity index (χ2n) is 9.10. The van der Waals surface area contributed by atoms with E-state index in [0.29, 0.717) is 25.6 Å². The minimum absolute atomic E-state index is 0.0162. The zero-order valence-electron chi connectivity index (χ0n) is 17.8. The molecule has 1 N–H and O–H groups in total. The van der Waals surface area contributed by atoms with Crippen LogP contribution in [0.15, 0.2) is 18.2 Å². The summed E-state index contributed by atoms with van der Waals surface area (Å²) in [6.07, 6.45) is -4.02. The second kappa shape index (κ2) is 7.87. The van der Waals surface area contributed by atoms with Crippen LogP contribution in [0.1, 0.15) is 31.4 Å². The molecule has 1 aromatic carbocycles. The Morgan fingerprint density at radius 1 is 1.28 bits per heavy atom. The largest absolute Gasteiger partial charge is 0.416 e. The van der Waals surface area contributed by atoms with Crippen LogP contribution in [-0.2, 0) is 27.1 Å². The number of nitrogens with one attached hydrogen (secondary N) is 1. The Hall–Kier alpha value is -2.40. The van der Waals surface area contributed by atoms with Crippen LogP contribution in [0, 0.1) is 5.82 Å². The smallest absolute Gasteiger partial charge is 0.367 e. The molecule has 3 amide bonds. The summed E-state index contributed by atoms with van der Waals surface area (Å²) in [7, 11) is 0. The van der Waals surface area contributed by atoms with E-state index in [1.165, 1.54) is 0 Å². The number of nitrogens with zero attached hydrogens (tertiary/aromatic N) is 2. The fourth-order valence-electron chi connectivity index (χ4n) is 4.33. The number of amides is 3. The van der Waals surface area contributed by atoms with E-state index in [4.69, 9.17) is 9.47 Å². The fraction of sp³-hybridized carbons (Fsp3) is 0.619. The van der Waals surface area contributed by atoms with Gasteiger partial charge < -0.3 is 24.6 Å². The first kappa shape index (κ1) is 22.8. The summed E-state index contributed by atoms with van der Waals surface area (Å²) < 4.78 is 63.5. The number of alkyl halides is 3. The third-order valence-corrected chi connectivity index (χ3v) is 6.43. The number of piperidine rings is 1. The zero-order valence-corrected chi connectivity index (χ0v) is 17.8. The third-order valence-electron chi connectivity index (χ3n) is 6.43. The van der Waals surface area contributed by atoms with Crippen LogP contribution in [0.3, 0.4) is 0 Å². The Bertz CT molecular complexity index is 919. The highest BCUT2D eigenvalue weighted by Crippen LogP contribution is 2.33. The SMILES string of the molecule is CC1(OCc2ccc(C(F)(F)F)cc2F)CN(C(=O)N2CC[C@]3(C)OCC(=O)N[C@@H]3C2)C1. The van der Waals surface area contributed by atoms with Crippen LogP contribution in [0.5, 0.6) is 0 Å². The van der Waals surface area contributed by atoms with Gasteiger partial charge in [-0.2, -0.15) is 13.2 Å². The molecule has 0 bridgehead atoms. The van der Waals surface area contributed by atoms with Crippen molar-refractivity contribution in [3.05, 3.63) is 35.1 Å². The van der Waals surface area contributed by atoms with Crippen LogP contribution in [0.2, 0.25) is 0 Å². The first-order chi connectivity index (χ1) is 14.9. The maximum Gasteiger partial charge on any atom is 0.416 e. The van der Waals surface area contributed by atoms with Gasteiger partial charge in [-0.05, 0) is 32.4 Å². The molecule has 2 atom stereocenters. The molecule has 0 spiro atoms. The molecule has 0 aliphatic carbocycles. The molecule has 0 saturated carbocycles. The monoisotopic (exact) mass is 459 g/mol. The van der Waals surface area contributed by atoms with Gasteiger partial charge in [0, 0.05) is 18.7 Å². The summed E-state index contributed by atoms with van der Waals surface area (Å²) >= 11 is 0. The minimum Gasteiger partial charge on any atom is -0.367 e. The van der Waals surface area contributed by atoms with Crippen LogP contribution >= 0.6 is 0 Å². The molecule has 11 heteroatoms. The summed E-state index contributed by atoms with van der Waals surface area (Å²) in [6.45, 7) is 4.89. The van der Waals surface area contributed by atoms with Crippen molar-refractivity contribution >= 4 is 11.9 Å². The molecule has 0 unspecified atom stereocenters. The van der Waals surface area contributed by atoms with Gasteiger partial charge in [-0.15, -0.1) is 0 Å². The lowest BCUT2D eigenvalue weighted by Crippen LogP contribution is -2.70. The van der Waals surface area contributed by atoms with Gasteiger partial charge in [0.15, 0.2) is 0 Å². The normalized spacial score (nSPS) is 27.4. The molecule has 3 aliphatic heterocycles. The van der Waals surface area contributed by atoms with Crippen molar-refractivity contribution in [2.75, 3.05) is 32.8 Å². The molecule has 1 aromatic rings. The van der Waals surface area contributed by atoms with E-state index >= 15 is 0 Å². The molecule has 3 saturated heterocycles. The molecule has 0 radical (unpaired) electrons. The molecule has 0 aromatic heterocycles. The predicted octanol–water partition coefficient (Wildman–Crippen LogP) is 2.53. The topological polar surface area (TPSA) is 71.1 Å². The third kappa shape index (κ3) is 4.40. The predicted molar refractivity (Wildman–Crippen MR) is 104 cm³/mol. The number of carbonyl (C=O) groups excluding carboxylic acids is 2. The number of rotatable bonds is 3. The number of morpholine rings is 1. The van der Waals surface area contributed by atoms with E-state index < -0.39 is 28.8 Å². The van der Waals surface area contributed by atoms with Gasteiger partial charge in [-0.1, -0.05) is 6.07 Å². The van der Waals surface area contributed by atoms with Gasteiger partial charge in [-0.25, -0.2) is 9.18 Å². The zero-order chi connectivity index (χ0) is 23.3. The fourth-order valence-corrected chi connectivity index (χ4v) is 4.33. The van der Waals surface area contributed by atoms with E-state index in [1.807, 2.05) is 6.92 Å². The Kier molecular flexibility index (Phi) is 5.61.